The van der Waals surface area contributed by atoms with Gasteiger partial charge in [-0.1, -0.05) is 29.8 Å². The van der Waals surface area contributed by atoms with Crippen LogP contribution >= 0.6 is 0 Å². The number of carbonyl (C=O) groups is 2. The molecule has 1 saturated heterocycles. The predicted molar refractivity (Wildman–Crippen MR) is 68.7 cm³/mol. The average Bonchev–Trinajstić information content (AvgIpc) is 2.87. The summed E-state index contributed by atoms with van der Waals surface area (Å²) in [4.78, 5) is 24.1. The monoisotopic (exact) mass is 263 g/mol. The zero-order chi connectivity index (χ0) is 13.8. The Labute approximate surface area is 111 Å². The number of carbonyl (C=O) groups excluding carboxylic acids is 1. The highest BCUT2D eigenvalue weighted by Crippen LogP contribution is 2.19. The van der Waals surface area contributed by atoms with Crippen molar-refractivity contribution in [3.05, 3.63) is 35.4 Å². The average molecular weight is 263 g/mol. The molecule has 1 aromatic rings. The summed E-state index contributed by atoms with van der Waals surface area (Å²) in [6.45, 7) is 2.60. The highest BCUT2D eigenvalue weighted by Gasteiger charge is 2.34. The number of ether oxygens (including phenoxy) is 1. The van der Waals surface area contributed by atoms with Crippen LogP contribution in [-0.2, 0) is 16.1 Å². The van der Waals surface area contributed by atoms with Crippen molar-refractivity contribution in [3.63, 3.8) is 0 Å². The van der Waals surface area contributed by atoms with E-state index in [1.54, 1.807) is 0 Å². The number of rotatable bonds is 3. The predicted octanol–water partition coefficient (Wildman–Crippen LogP) is 2.18. The molecule has 102 valence electrons. The molecule has 1 aromatic carbocycles. The third-order valence-electron chi connectivity index (χ3n) is 3.26. The molecule has 0 bridgehead atoms. The Morgan fingerprint density at radius 1 is 1.37 bits per heavy atom. The Kier molecular flexibility index (Phi) is 4.04. The van der Waals surface area contributed by atoms with Gasteiger partial charge in [0.2, 0.25) is 0 Å². The number of carboxylic acids is 1. The minimum atomic E-state index is -0.968. The largest absolute Gasteiger partial charge is 0.480 e. The Balaban J connectivity index is 1.90. The standard InChI is InChI=1S/C14H17NO4/c1-10-4-6-11(7-5-10)9-19-14(18)15-8-2-3-12(15)13(16)17/h4-7,12H,2-3,8-9H2,1H3,(H,16,17). The molecular formula is C14H17NO4. The van der Waals surface area contributed by atoms with E-state index < -0.39 is 18.1 Å². The smallest absolute Gasteiger partial charge is 0.410 e. The number of likely N-dealkylation sites (tertiary alicyclic amines) is 1. The van der Waals surface area contributed by atoms with Gasteiger partial charge in [0.1, 0.15) is 12.6 Å². The van der Waals surface area contributed by atoms with Crippen LogP contribution in [0.25, 0.3) is 0 Å². The molecule has 0 radical (unpaired) electrons. The minimum Gasteiger partial charge on any atom is -0.480 e. The van der Waals surface area contributed by atoms with Crippen LogP contribution in [-0.4, -0.2) is 34.7 Å². The number of nitrogens with zero attached hydrogens (tertiary/aromatic N) is 1. The maximum Gasteiger partial charge on any atom is 0.410 e. The van der Waals surface area contributed by atoms with E-state index in [9.17, 15) is 9.59 Å². The molecule has 0 spiro atoms. The Morgan fingerprint density at radius 2 is 2.05 bits per heavy atom. The fourth-order valence-corrected chi connectivity index (χ4v) is 2.15. The third-order valence-corrected chi connectivity index (χ3v) is 3.26. The van der Waals surface area contributed by atoms with Gasteiger partial charge in [0.05, 0.1) is 0 Å². The lowest BCUT2D eigenvalue weighted by Gasteiger charge is -2.20. The van der Waals surface area contributed by atoms with Crippen molar-refractivity contribution in [3.8, 4) is 0 Å². The van der Waals surface area contributed by atoms with Crippen LogP contribution in [0, 0.1) is 6.92 Å². The maximum atomic E-state index is 11.8. The first-order chi connectivity index (χ1) is 9.08. The summed E-state index contributed by atoms with van der Waals surface area (Å²) in [5.74, 6) is -0.968. The van der Waals surface area contributed by atoms with Crippen molar-refractivity contribution in [1.82, 2.24) is 4.90 Å². The van der Waals surface area contributed by atoms with Gasteiger partial charge in [-0.15, -0.1) is 0 Å². The fourth-order valence-electron chi connectivity index (χ4n) is 2.15. The molecule has 1 aliphatic rings. The zero-order valence-electron chi connectivity index (χ0n) is 10.8. The summed E-state index contributed by atoms with van der Waals surface area (Å²) in [5.41, 5.74) is 2.03. The van der Waals surface area contributed by atoms with E-state index in [4.69, 9.17) is 9.84 Å². The highest BCUT2D eigenvalue weighted by molar-refractivity contribution is 5.80. The molecule has 5 heteroatoms. The Hall–Kier alpha value is -2.04. The molecule has 2 rings (SSSR count). The quantitative estimate of drug-likeness (QED) is 0.907. The van der Waals surface area contributed by atoms with Gasteiger partial charge < -0.3 is 9.84 Å². The highest BCUT2D eigenvalue weighted by atomic mass is 16.6. The SMILES string of the molecule is Cc1ccc(COC(=O)N2CCCC2C(=O)O)cc1. The first-order valence-corrected chi connectivity index (χ1v) is 6.29. The second kappa shape index (κ2) is 5.73. The molecule has 0 aliphatic carbocycles. The van der Waals surface area contributed by atoms with E-state index in [2.05, 4.69) is 0 Å². The summed E-state index contributed by atoms with van der Waals surface area (Å²) in [6.07, 6.45) is 0.649. The number of carboxylic acid groups (broad SMARTS) is 1. The molecule has 1 fully saturated rings. The van der Waals surface area contributed by atoms with Crippen LogP contribution < -0.4 is 0 Å². The van der Waals surface area contributed by atoms with Crippen molar-refractivity contribution in [2.75, 3.05) is 6.54 Å². The van der Waals surface area contributed by atoms with Gasteiger partial charge in [0.25, 0.3) is 0 Å². The van der Waals surface area contributed by atoms with E-state index in [-0.39, 0.29) is 6.61 Å². The number of benzene rings is 1. The number of hydrogen-bond acceptors (Lipinski definition) is 3. The summed E-state index contributed by atoms with van der Waals surface area (Å²) in [5, 5.41) is 9.00. The molecule has 1 amide bonds. The van der Waals surface area contributed by atoms with Gasteiger partial charge in [-0.2, -0.15) is 0 Å². The van der Waals surface area contributed by atoms with Crippen molar-refractivity contribution >= 4 is 12.1 Å². The van der Waals surface area contributed by atoms with E-state index in [1.807, 2.05) is 31.2 Å². The molecule has 5 nitrogen and oxygen atoms in total. The normalized spacial score (nSPS) is 18.4. The van der Waals surface area contributed by atoms with Crippen molar-refractivity contribution < 1.29 is 19.4 Å². The summed E-state index contributed by atoms with van der Waals surface area (Å²) >= 11 is 0. The summed E-state index contributed by atoms with van der Waals surface area (Å²) < 4.78 is 5.16. The van der Waals surface area contributed by atoms with Crippen molar-refractivity contribution in [1.29, 1.82) is 0 Å². The first kappa shape index (κ1) is 13.4. The van der Waals surface area contributed by atoms with Crippen LogP contribution in [0.2, 0.25) is 0 Å². The number of amides is 1. The lowest BCUT2D eigenvalue weighted by molar-refractivity contribution is -0.141. The van der Waals surface area contributed by atoms with Gasteiger partial charge in [0, 0.05) is 6.54 Å². The van der Waals surface area contributed by atoms with Crippen molar-refractivity contribution in [2.24, 2.45) is 0 Å². The third kappa shape index (κ3) is 3.24. The van der Waals surface area contributed by atoms with Gasteiger partial charge in [-0.05, 0) is 25.3 Å². The number of aliphatic carboxylic acids is 1. The maximum absolute atomic E-state index is 11.8. The van der Waals surface area contributed by atoms with Gasteiger partial charge in [-0.3, -0.25) is 4.90 Å². The molecule has 1 N–H and O–H groups in total. The van der Waals surface area contributed by atoms with Crippen LogP contribution in [0.1, 0.15) is 24.0 Å². The molecule has 0 saturated carbocycles. The second-order valence-electron chi connectivity index (χ2n) is 4.73. The first-order valence-electron chi connectivity index (χ1n) is 6.29. The number of hydrogen-bond donors (Lipinski definition) is 1. The lowest BCUT2D eigenvalue weighted by atomic mass is 10.2. The van der Waals surface area contributed by atoms with Crippen LogP contribution in [0.3, 0.4) is 0 Å². The molecule has 1 atom stereocenters. The fraction of sp³-hybridized carbons (Fsp3) is 0.429. The molecule has 1 aliphatic heterocycles. The van der Waals surface area contributed by atoms with Crippen LogP contribution in [0.15, 0.2) is 24.3 Å². The Morgan fingerprint density at radius 3 is 2.68 bits per heavy atom. The summed E-state index contributed by atoms with van der Waals surface area (Å²) in [6, 6.07) is 6.92. The minimum absolute atomic E-state index is 0.169. The van der Waals surface area contributed by atoms with Crippen molar-refractivity contribution in [2.45, 2.75) is 32.4 Å². The van der Waals surface area contributed by atoms with E-state index in [0.717, 1.165) is 11.1 Å². The molecular weight excluding hydrogens is 246 g/mol. The van der Waals surface area contributed by atoms with Crippen LogP contribution in [0.5, 0.6) is 0 Å². The van der Waals surface area contributed by atoms with Gasteiger partial charge in [0.15, 0.2) is 0 Å². The summed E-state index contributed by atoms with van der Waals surface area (Å²) in [7, 11) is 0. The molecule has 19 heavy (non-hydrogen) atoms. The lowest BCUT2D eigenvalue weighted by Crippen LogP contribution is -2.40. The van der Waals surface area contributed by atoms with Gasteiger partial charge >= 0.3 is 12.1 Å². The van der Waals surface area contributed by atoms with E-state index >= 15 is 0 Å². The Bertz CT molecular complexity index is 469. The number of aryl methyl sites for hydroxylation is 1. The van der Waals surface area contributed by atoms with Crippen LogP contribution in [0.4, 0.5) is 4.79 Å². The topological polar surface area (TPSA) is 66.8 Å². The molecule has 0 aromatic heterocycles. The molecule has 1 unspecified atom stereocenters. The van der Waals surface area contributed by atoms with Gasteiger partial charge in [-0.25, -0.2) is 9.59 Å². The van der Waals surface area contributed by atoms with E-state index in [1.165, 1.54) is 4.90 Å². The zero-order valence-corrected chi connectivity index (χ0v) is 10.8. The molecule has 1 heterocycles. The van der Waals surface area contributed by atoms with E-state index in [0.29, 0.717) is 19.4 Å². The second-order valence-corrected chi connectivity index (χ2v) is 4.73.